The van der Waals surface area contributed by atoms with Gasteiger partial charge in [0.2, 0.25) is 0 Å². The van der Waals surface area contributed by atoms with E-state index in [0.717, 1.165) is 12.8 Å². The highest BCUT2D eigenvalue weighted by molar-refractivity contribution is 14.0. The van der Waals surface area contributed by atoms with Gasteiger partial charge in [0.15, 0.2) is 5.96 Å². The minimum atomic E-state index is 0. The van der Waals surface area contributed by atoms with Crippen molar-refractivity contribution in [1.29, 1.82) is 0 Å². The standard InChI is InChI=1S/C16H24N4.HI/c1-4-12-6-5-7-14-13(10-19-15(12)14)8-9-18-16(17)20-11(2)3;/h5-7,10-11,19H,4,8-9H2,1-3H3,(H3,17,18,20);1H. The van der Waals surface area contributed by atoms with Crippen LogP contribution < -0.4 is 11.1 Å². The van der Waals surface area contributed by atoms with Crippen molar-refractivity contribution in [1.82, 2.24) is 10.3 Å². The first-order valence-electron chi connectivity index (χ1n) is 7.26. The van der Waals surface area contributed by atoms with Crippen molar-refractivity contribution in [3.05, 3.63) is 35.5 Å². The molecule has 0 radical (unpaired) electrons. The summed E-state index contributed by atoms with van der Waals surface area (Å²) in [6.45, 7) is 6.98. The first-order chi connectivity index (χ1) is 9.61. The molecule has 1 heterocycles. The molecule has 4 nitrogen and oxygen atoms in total. The van der Waals surface area contributed by atoms with Crippen molar-refractivity contribution in [2.24, 2.45) is 10.7 Å². The summed E-state index contributed by atoms with van der Waals surface area (Å²) in [6, 6.07) is 6.78. The average molecular weight is 400 g/mol. The zero-order valence-electron chi connectivity index (χ0n) is 12.9. The number of nitrogens with zero attached hydrogens (tertiary/aromatic N) is 1. The molecule has 1 aromatic heterocycles. The van der Waals surface area contributed by atoms with E-state index in [9.17, 15) is 0 Å². The summed E-state index contributed by atoms with van der Waals surface area (Å²) < 4.78 is 0. The van der Waals surface area contributed by atoms with E-state index in [2.05, 4.69) is 46.6 Å². The van der Waals surface area contributed by atoms with Crippen LogP contribution in [0.4, 0.5) is 0 Å². The van der Waals surface area contributed by atoms with Crippen LogP contribution in [0.3, 0.4) is 0 Å². The topological polar surface area (TPSA) is 66.2 Å². The van der Waals surface area contributed by atoms with Crippen LogP contribution in [0.25, 0.3) is 10.9 Å². The molecule has 21 heavy (non-hydrogen) atoms. The Balaban J connectivity index is 0.00000220. The van der Waals surface area contributed by atoms with E-state index in [1.165, 1.54) is 22.0 Å². The molecule has 0 spiro atoms. The first kappa shape index (κ1) is 17.8. The Morgan fingerprint density at radius 1 is 1.33 bits per heavy atom. The fraction of sp³-hybridized carbons (Fsp3) is 0.438. The molecule has 0 fully saturated rings. The van der Waals surface area contributed by atoms with Gasteiger partial charge in [-0.15, -0.1) is 24.0 Å². The van der Waals surface area contributed by atoms with Crippen molar-refractivity contribution >= 4 is 40.8 Å². The lowest BCUT2D eigenvalue weighted by molar-refractivity contribution is 0.723. The maximum absolute atomic E-state index is 5.80. The number of fused-ring (bicyclic) bond motifs is 1. The van der Waals surface area contributed by atoms with Gasteiger partial charge in [-0.2, -0.15) is 0 Å². The number of H-pyrrole nitrogens is 1. The maximum Gasteiger partial charge on any atom is 0.188 e. The predicted molar refractivity (Wildman–Crippen MR) is 102 cm³/mol. The summed E-state index contributed by atoms with van der Waals surface area (Å²) in [5, 5.41) is 4.40. The van der Waals surface area contributed by atoms with Crippen LogP contribution in [-0.4, -0.2) is 23.5 Å². The number of hydrogen-bond acceptors (Lipinski definition) is 1. The van der Waals surface area contributed by atoms with E-state index in [1.54, 1.807) is 0 Å². The molecule has 4 N–H and O–H groups in total. The SMILES string of the molecule is CCc1cccc2c(CCN=C(N)NC(C)C)c[nH]c12.I. The molecular weight excluding hydrogens is 375 g/mol. The number of benzene rings is 1. The number of halogens is 1. The molecule has 0 saturated heterocycles. The number of aromatic amines is 1. The fourth-order valence-corrected chi connectivity index (χ4v) is 2.41. The maximum atomic E-state index is 5.80. The second-order valence-corrected chi connectivity index (χ2v) is 5.32. The molecule has 2 aromatic rings. The van der Waals surface area contributed by atoms with E-state index in [0.29, 0.717) is 18.5 Å². The molecule has 0 atom stereocenters. The molecule has 0 aliphatic carbocycles. The highest BCUT2D eigenvalue weighted by atomic mass is 127. The van der Waals surface area contributed by atoms with Crippen molar-refractivity contribution in [2.75, 3.05) is 6.54 Å². The van der Waals surface area contributed by atoms with E-state index in [4.69, 9.17) is 5.73 Å². The van der Waals surface area contributed by atoms with Crippen molar-refractivity contribution in [3.63, 3.8) is 0 Å². The highest BCUT2D eigenvalue weighted by Crippen LogP contribution is 2.22. The summed E-state index contributed by atoms with van der Waals surface area (Å²) in [6.07, 6.45) is 4.03. The van der Waals surface area contributed by atoms with Gasteiger partial charge in [-0.05, 0) is 37.8 Å². The third-order valence-electron chi connectivity index (χ3n) is 3.37. The van der Waals surface area contributed by atoms with Crippen LogP contribution in [0.5, 0.6) is 0 Å². The van der Waals surface area contributed by atoms with Crippen LogP contribution >= 0.6 is 24.0 Å². The molecule has 0 bridgehead atoms. The Bertz CT molecular complexity index is 601. The van der Waals surface area contributed by atoms with E-state index >= 15 is 0 Å². The Hall–Kier alpha value is -1.24. The molecule has 0 amide bonds. The smallest absolute Gasteiger partial charge is 0.188 e. The van der Waals surface area contributed by atoms with Gasteiger partial charge in [-0.3, -0.25) is 4.99 Å². The third kappa shape index (κ3) is 4.62. The number of para-hydroxylation sites is 1. The zero-order chi connectivity index (χ0) is 14.5. The molecule has 1 aromatic carbocycles. The number of rotatable bonds is 5. The van der Waals surface area contributed by atoms with Crippen LogP contribution in [-0.2, 0) is 12.8 Å². The second-order valence-electron chi connectivity index (χ2n) is 5.32. The van der Waals surface area contributed by atoms with Crippen LogP contribution in [0.1, 0.15) is 31.9 Å². The highest BCUT2D eigenvalue weighted by Gasteiger charge is 2.06. The lowest BCUT2D eigenvalue weighted by Crippen LogP contribution is -2.36. The molecule has 0 unspecified atom stereocenters. The van der Waals surface area contributed by atoms with Gasteiger partial charge in [-0.25, -0.2) is 0 Å². The number of nitrogens with two attached hydrogens (primary N) is 1. The molecule has 0 saturated carbocycles. The van der Waals surface area contributed by atoms with E-state index in [-0.39, 0.29) is 24.0 Å². The van der Waals surface area contributed by atoms with Gasteiger partial charge in [0.25, 0.3) is 0 Å². The monoisotopic (exact) mass is 400 g/mol. The lowest BCUT2D eigenvalue weighted by atomic mass is 10.1. The van der Waals surface area contributed by atoms with Crippen molar-refractivity contribution in [3.8, 4) is 0 Å². The van der Waals surface area contributed by atoms with Gasteiger partial charge in [0, 0.05) is 29.7 Å². The molecule has 116 valence electrons. The second kappa shape index (κ2) is 8.26. The Kier molecular flexibility index (Phi) is 7.01. The summed E-state index contributed by atoms with van der Waals surface area (Å²) in [5.41, 5.74) is 9.72. The van der Waals surface area contributed by atoms with E-state index in [1.807, 2.05) is 13.8 Å². The fourth-order valence-electron chi connectivity index (χ4n) is 2.41. The normalized spacial score (nSPS) is 11.7. The number of hydrogen-bond donors (Lipinski definition) is 3. The summed E-state index contributed by atoms with van der Waals surface area (Å²) in [4.78, 5) is 7.74. The molecule has 0 aliphatic heterocycles. The van der Waals surface area contributed by atoms with E-state index < -0.39 is 0 Å². The number of nitrogens with one attached hydrogen (secondary N) is 2. The third-order valence-corrected chi connectivity index (χ3v) is 3.37. The molecule has 5 heteroatoms. The van der Waals surface area contributed by atoms with Gasteiger partial charge in [0.1, 0.15) is 0 Å². The largest absolute Gasteiger partial charge is 0.370 e. The molecular formula is C16H25IN4. The number of guanidine groups is 1. The number of aryl methyl sites for hydroxylation is 1. The molecule has 2 rings (SSSR count). The van der Waals surface area contributed by atoms with Gasteiger partial charge in [0.05, 0.1) is 0 Å². The Labute approximate surface area is 143 Å². The summed E-state index contributed by atoms with van der Waals surface area (Å²) in [7, 11) is 0. The van der Waals surface area contributed by atoms with Gasteiger partial charge in [-0.1, -0.05) is 25.1 Å². The van der Waals surface area contributed by atoms with Crippen LogP contribution in [0.2, 0.25) is 0 Å². The van der Waals surface area contributed by atoms with Gasteiger partial charge >= 0.3 is 0 Å². The number of aromatic nitrogens is 1. The Morgan fingerprint density at radius 3 is 2.76 bits per heavy atom. The minimum Gasteiger partial charge on any atom is -0.370 e. The van der Waals surface area contributed by atoms with Gasteiger partial charge < -0.3 is 16.0 Å². The average Bonchev–Trinajstić information content (AvgIpc) is 2.81. The molecule has 0 aliphatic rings. The Morgan fingerprint density at radius 2 is 2.10 bits per heavy atom. The van der Waals surface area contributed by atoms with Crippen molar-refractivity contribution in [2.45, 2.75) is 39.7 Å². The zero-order valence-corrected chi connectivity index (χ0v) is 15.3. The van der Waals surface area contributed by atoms with Crippen LogP contribution in [0, 0.1) is 0 Å². The summed E-state index contributed by atoms with van der Waals surface area (Å²) >= 11 is 0. The minimum absolute atomic E-state index is 0. The quantitative estimate of drug-likeness (QED) is 0.410. The van der Waals surface area contributed by atoms with Crippen molar-refractivity contribution < 1.29 is 0 Å². The lowest BCUT2D eigenvalue weighted by Gasteiger charge is -2.08. The number of aliphatic imine (C=N–C) groups is 1. The van der Waals surface area contributed by atoms with Crippen LogP contribution in [0.15, 0.2) is 29.4 Å². The predicted octanol–water partition coefficient (Wildman–Crippen LogP) is 3.20. The first-order valence-corrected chi connectivity index (χ1v) is 7.26. The summed E-state index contributed by atoms with van der Waals surface area (Å²) in [5.74, 6) is 0.522.